The molecule has 0 aromatic heterocycles. The lowest BCUT2D eigenvalue weighted by Gasteiger charge is -2.30. The van der Waals surface area contributed by atoms with Gasteiger partial charge >= 0.3 is 0 Å². The second-order valence-corrected chi connectivity index (χ2v) is 10.0. The summed E-state index contributed by atoms with van der Waals surface area (Å²) in [6.45, 7) is 1.55. The zero-order chi connectivity index (χ0) is 24.2. The van der Waals surface area contributed by atoms with E-state index in [0.29, 0.717) is 30.9 Å². The molecule has 4 nitrogen and oxygen atoms in total. The topological polar surface area (TPSA) is 58.6 Å². The normalized spacial score (nSPS) is 17.3. The number of ether oxygens (including phenoxy) is 1. The van der Waals surface area contributed by atoms with Crippen LogP contribution in [0, 0.1) is 11.8 Å². The van der Waals surface area contributed by atoms with E-state index in [1.54, 1.807) is 7.11 Å². The third-order valence-corrected chi connectivity index (χ3v) is 7.41. The van der Waals surface area contributed by atoms with Crippen molar-refractivity contribution in [1.29, 1.82) is 0 Å². The summed E-state index contributed by atoms with van der Waals surface area (Å²) in [5.74, 6) is 1.28. The Balaban J connectivity index is 1.77. The second-order valence-electron chi connectivity index (χ2n) is 10.0. The van der Waals surface area contributed by atoms with Crippen molar-refractivity contribution in [2.24, 2.45) is 11.8 Å². The number of methoxy groups -OCH3 is 1. The molecule has 3 rings (SSSR count). The number of rotatable bonds is 14. The quantitative estimate of drug-likeness (QED) is 0.261. The van der Waals surface area contributed by atoms with E-state index in [-0.39, 0.29) is 5.78 Å². The Morgan fingerprint density at radius 2 is 1.79 bits per heavy atom. The van der Waals surface area contributed by atoms with Crippen LogP contribution in [-0.4, -0.2) is 38.2 Å². The molecule has 2 N–H and O–H groups in total. The van der Waals surface area contributed by atoms with Crippen LogP contribution < -0.4 is 5.32 Å². The van der Waals surface area contributed by atoms with Crippen molar-refractivity contribution in [3.8, 4) is 0 Å². The van der Waals surface area contributed by atoms with Crippen molar-refractivity contribution in [3.63, 3.8) is 0 Å². The Hall–Kier alpha value is -2.01. The molecule has 1 aliphatic carbocycles. The number of Topliss-reactive ketones (excluding diaryl/α,β-unsaturated/α-hetero) is 1. The fourth-order valence-corrected chi connectivity index (χ4v) is 5.55. The van der Waals surface area contributed by atoms with Crippen molar-refractivity contribution < 1.29 is 14.6 Å². The van der Waals surface area contributed by atoms with Gasteiger partial charge in [0.25, 0.3) is 0 Å². The standard InChI is InChI=1S/C30H43NO3/c1-31-23-25(20-24-12-5-3-6-13-24)21-29(32)26-14-11-17-28(22-26)30(33,18-9-10-19-34-2)27-15-7-4-8-16-27/h4,7-8,11,14-17,22,24-25,31,33H,3,5-6,9-10,12-13,18-21,23H2,1-2H3/t25-,30-/m1/s1. The summed E-state index contributed by atoms with van der Waals surface area (Å²) < 4.78 is 5.20. The Kier molecular flexibility index (Phi) is 10.8. The van der Waals surface area contributed by atoms with Crippen LogP contribution in [0.5, 0.6) is 0 Å². The highest BCUT2D eigenvalue weighted by Gasteiger charge is 2.31. The molecule has 0 radical (unpaired) electrons. The summed E-state index contributed by atoms with van der Waals surface area (Å²) in [7, 11) is 3.68. The molecular formula is C30H43NO3. The maximum atomic E-state index is 13.4. The number of nitrogens with one attached hydrogen (secondary N) is 1. The minimum absolute atomic E-state index is 0.174. The predicted octanol–water partition coefficient (Wildman–Crippen LogP) is 6.12. The Morgan fingerprint density at radius 1 is 1.06 bits per heavy atom. The van der Waals surface area contributed by atoms with E-state index in [4.69, 9.17) is 4.74 Å². The van der Waals surface area contributed by atoms with Crippen LogP contribution in [0.25, 0.3) is 0 Å². The van der Waals surface area contributed by atoms with Gasteiger partial charge in [0, 0.05) is 25.7 Å². The zero-order valence-electron chi connectivity index (χ0n) is 21.1. The summed E-state index contributed by atoms with van der Waals surface area (Å²) in [6.07, 6.45) is 10.6. The van der Waals surface area contributed by atoms with Gasteiger partial charge in [0.1, 0.15) is 5.60 Å². The summed E-state index contributed by atoms with van der Waals surface area (Å²) >= 11 is 0. The minimum atomic E-state index is -1.13. The molecule has 186 valence electrons. The first-order valence-corrected chi connectivity index (χ1v) is 13.1. The lowest BCUT2D eigenvalue weighted by atomic mass is 9.80. The molecule has 1 aliphatic rings. The van der Waals surface area contributed by atoms with E-state index in [0.717, 1.165) is 42.9 Å². The highest BCUT2D eigenvalue weighted by molar-refractivity contribution is 5.96. The highest BCUT2D eigenvalue weighted by atomic mass is 16.5. The smallest absolute Gasteiger partial charge is 0.163 e. The molecule has 0 amide bonds. The Labute approximate surface area is 206 Å². The molecule has 4 heteroatoms. The molecule has 0 spiro atoms. The molecular weight excluding hydrogens is 422 g/mol. The number of ketones is 1. The van der Waals surface area contributed by atoms with Gasteiger partial charge in [-0.2, -0.15) is 0 Å². The first-order chi connectivity index (χ1) is 16.6. The van der Waals surface area contributed by atoms with E-state index in [1.165, 1.54) is 32.1 Å². The van der Waals surface area contributed by atoms with Crippen LogP contribution in [0.3, 0.4) is 0 Å². The van der Waals surface area contributed by atoms with Gasteiger partial charge in [-0.3, -0.25) is 4.79 Å². The summed E-state index contributed by atoms with van der Waals surface area (Å²) in [5.41, 5.74) is 1.23. The van der Waals surface area contributed by atoms with E-state index in [1.807, 2.05) is 61.6 Å². The minimum Gasteiger partial charge on any atom is -0.385 e. The average Bonchev–Trinajstić information content (AvgIpc) is 2.88. The number of benzene rings is 2. The maximum Gasteiger partial charge on any atom is 0.163 e. The molecule has 2 aromatic rings. The molecule has 0 saturated heterocycles. The first-order valence-electron chi connectivity index (χ1n) is 13.1. The van der Waals surface area contributed by atoms with E-state index in [9.17, 15) is 9.90 Å². The highest BCUT2D eigenvalue weighted by Crippen LogP contribution is 2.36. The van der Waals surface area contributed by atoms with Gasteiger partial charge in [-0.15, -0.1) is 0 Å². The van der Waals surface area contributed by atoms with Crippen LogP contribution in [0.2, 0.25) is 0 Å². The third kappa shape index (κ3) is 7.49. The summed E-state index contributed by atoms with van der Waals surface area (Å²) in [4.78, 5) is 13.4. The van der Waals surface area contributed by atoms with Gasteiger partial charge in [0.05, 0.1) is 0 Å². The number of unbranched alkanes of at least 4 members (excludes halogenated alkanes) is 1. The van der Waals surface area contributed by atoms with Crippen molar-refractivity contribution in [3.05, 3.63) is 71.3 Å². The van der Waals surface area contributed by atoms with Gasteiger partial charge in [-0.1, -0.05) is 80.6 Å². The van der Waals surface area contributed by atoms with Crippen molar-refractivity contribution >= 4 is 5.78 Å². The lowest BCUT2D eigenvalue weighted by Crippen LogP contribution is -2.28. The van der Waals surface area contributed by atoms with E-state index in [2.05, 4.69) is 5.32 Å². The molecule has 2 aromatic carbocycles. The van der Waals surface area contributed by atoms with Crippen molar-refractivity contribution in [2.45, 2.75) is 69.8 Å². The number of hydrogen-bond donors (Lipinski definition) is 2. The first kappa shape index (κ1) is 26.6. The molecule has 1 fully saturated rings. The fourth-order valence-electron chi connectivity index (χ4n) is 5.55. The number of carbonyl (C=O) groups excluding carboxylic acids is 1. The second kappa shape index (κ2) is 13.8. The molecule has 0 unspecified atom stereocenters. The van der Waals surface area contributed by atoms with E-state index < -0.39 is 5.60 Å². The lowest BCUT2D eigenvalue weighted by molar-refractivity contribution is 0.0650. The van der Waals surface area contributed by atoms with Gasteiger partial charge in [0.2, 0.25) is 0 Å². The van der Waals surface area contributed by atoms with Gasteiger partial charge in [0.15, 0.2) is 5.78 Å². The van der Waals surface area contributed by atoms with Gasteiger partial charge in [-0.05, 0) is 68.3 Å². The van der Waals surface area contributed by atoms with Crippen LogP contribution in [0.1, 0.15) is 85.7 Å². The number of hydrogen-bond acceptors (Lipinski definition) is 4. The van der Waals surface area contributed by atoms with Crippen molar-refractivity contribution in [2.75, 3.05) is 27.3 Å². The SMILES string of the molecule is CNC[C@@H](CC(=O)c1cccc([C@@](O)(CCCCOC)c2ccccc2)c1)CC1CCCCC1. The molecule has 2 atom stereocenters. The van der Waals surface area contributed by atoms with Gasteiger partial charge < -0.3 is 15.2 Å². The number of carbonyl (C=O) groups is 1. The average molecular weight is 466 g/mol. The summed E-state index contributed by atoms with van der Waals surface area (Å²) in [5, 5.41) is 15.2. The Bertz CT molecular complexity index is 862. The largest absolute Gasteiger partial charge is 0.385 e. The fraction of sp³-hybridized carbons (Fsp3) is 0.567. The van der Waals surface area contributed by atoms with Crippen LogP contribution in [0.15, 0.2) is 54.6 Å². The van der Waals surface area contributed by atoms with Crippen LogP contribution in [0.4, 0.5) is 0 Å². The van der Waals surface area contributed by atoms with Crippen molar-refractivity contribution in [1.82, 2.24) is 5.32 Å². The molecule has 1 saturated carbocycles. The predicted molar refractivity (Wildman–Crippen MR) is 139 cm³/mol. The zero-order valence-corrected chi connectivity index (χ0v) is 21.1. The van der Waals surface area contributed by atoms with Gasteiger partial charge in [-0.25, -0.2) is 0 Å². The van der Waals surface area contributed by atoms with Crippen LogP contribution in [-0.2, 0) is 10.3 Å². The molecule has 34 heavy (non-hydrogen) atoms. The van der Waals surface area contributed by atoms with Crippen LogP contribution >= 0.6 is 0 Å². The molecule has 0 bridgehead atoms. The molecule has 0 heterocycles. The Morgan fingerprint density at radius 3 is 2.50 bits per heavy atom. The number of aliphatic hydroxyl groups is 1. The third-order valence-electron chi connectivity index (χ3n) is 7.41. The van der Waals surface area contributed by atoms with E-state index >= 15 is 0 Å². The summed E-state index contributed by atoms with van der Waals surface area (Å²) in [6, 6.07) is 17.5. The molecule has 0 aliphatic heterocycles. The maximum absolute atomic E-state index is 13.4. The monoisotopic (exact) mass is 465 g/mol.